The van der Waals surface area contributed by atoms with E-state index < -0.39 is 0 Å². The van der Waals surface area contributed by atoms with Crippen LogP contribution in [0.5, 0.6) is 0 Å². The van der Waals surface area contributed by atoms with Gasteiger partial charge in [0.1, 0.15) is 0 Å². The standard InChI is InChI=1S/C11H10N2O/c12-10-6-2-1-5-9(10)11-7-3-4-8-13(11)14/h1-8,12,14H/b11-9-,12-10?. The molecule has 0 saturated heterocycles. The molecule has 0 bridgehead atoms. The average Bonchev–Trinajstić information content (AvgIpc) is 2.20. The third-order valence-corrected chi connectivity index (χ3v) is 2.04. The molecule has 1 heterocycles. The number of allylic oxidation sites excluding steroid dienone is 8. The monoisotopic (exact) mass is 186 g/mol. The summed E-state index contributed by atoms with van der Waals surface area (Å²) >= 11 is 0. The van der Waals surface area contributed by atoms with Crippen molar-refractivity contribution in [1.29, 1.82) is 5.41 Å². The highest BCUT2D eigenvalue weighted by Crippen LogP contribution is 2.19. The molecule has 0 aromatic heterocycles. The molecular formula is C11H10N2O. The summed E-state index contributed by atoms with van der Waals surface area (Å²) in [6, 6.07) is 0. The van der Waals surface area contributed by atoms with Crippen molar-refractivity contribution >= 4 is 5.71 Å². The summed E-state index contributed by atoms with van der Waals surface area (Å²) in [6.07, 6.45) is 14.0. The SMILES string of the molecule is N=C1C=CC=C/C1=C1\C=CC=CN1O. The van der Waals surface area contributed by atoms with Gasteiger partial charge in [0.25, 0.3) is 0 Å². The van der Waals surface area contributed by atoms with Crippen molar-refractivity contribution in [3.05, 3.63) is 60.0 Å². The molecule has 1 aliphatic heterocycles. The van der Waals surface area contributed by atoms with Crippen LogP contribution in [0.1, 0.15) is 0 Å². The van der Waals surface area contributed by atoms with E-state index in [2.05, 4.69) is 0 Å². The molecule has 0 aromatic rings. The van der Waals surface area contributed by atoms with Crippen LogP contribution in [-0.2, 0) is 0 Å². The molecule has 1 aliphatic carbocycles. The molecule has 3 nitrogen and oxygen atoms in total. The van der Waals surface area contributed by atoms with E-state index in [-0.39, 0.29) is 0 Å². The lowest BCUT2D eigenvalue weighted by atomic mass is 10.0. The molecule has 0 saturated carbocycles. The Morgan fingerprint density at radius 2 is 1.71 bits per heavy atom. The second-order valence-corrected chi connectivity index (χ2v) is 2.98. The fourth-order valence-electron chi connectivity index (χ4n) is 1.35. The molecule has 0 atom stereocenters. The lowest BCUT2D eigenvalue weighted by Crippen LogP contribution is -2.16. The van der Waals surface area contributed by atoms with E-state index in [1.54, 1.807) is 30.5 Å². The molecule has 2 N–H and O–H groups in total. The fraction of sp³-hybridized carbons (Fsp3) is 0. The van der Waals surface area contributed by atoms with E-state index >= 15 is 0 Å². The van der Waals surface area contributed by atoms with Crippen molar-refractivity contribution in [3.63, 3.8) is 0 Å². The first-order valence-electron chi connectivity index (χ1n) is 4.30. The van der Waals surface area contributed by atoms with Gasteiger partial charge < -0.3 is 5.41 Å². The first kappa shape index (κ1) is 8.72. The minimum absolute atomic E-state index is 0.404. The minimum Gasteiger partial charge on any atom is -0.300 e. The second-order valence-electron chi connectivity index (χ2n) is 2.98. The number of nitrogens with one attached hydrogen (secondary N) is 1. The maximum atomic E-state index is 9.52. The zero-order valence-corrected chi connectivity index (χ0v) is 7.51. The topological polar surface area (TPSA) is 47.3 Å². The summed E-state index contributed by atoms with van der Waals surface area (Å²) in [7, 11) is 0. The van der Waals surface area contributed by atoms with Crippen LogP contribution in [0.4, 0.5) is 0 Å². The average molecular weight is 186 g/mol. The van der Waals surface area contributed by atoms with Crippen molar-refractivity contribution in [2.24, 2.45) is 0 Å². The highest BCUT2D eigenvalue weighted by atomic mass is 16.5. The Morgan fingerprint density at radius 3 is 2.43 bits per heavy atom. The molecule has 0 spiro atoms. The Morgan fingerprint density at radius 1 is 1.00 bits per heavy atom. The van der Waals surface area contributed by atoms with Gasteiger partial charge in [-0.05, 0) is 18.2 Å². The lowest BCUT2D eigenvalue weighted by Gasteiger charge is -2.19. The number of hydrogen-bond acceptors (Lipinski definition) is 3. The van der Waals surface area contributed by atoms with Crippen molar-refractivity contribution in [3.8, 4) is 0 Å². The van der Waals surface area contributed by atoms with Crippen LogP contribution in [0.25, 0.3) is 0 Å². The van der Waals surface area contributed by atoms with Crippen LogP contribution in [0.15, 0.2) is 60.0 Å². The molecule has 0 fully saturated rings. The van der Waals surface area contributed by atoms with Gasteiger partial charge in [0, 0.05) is 11.8 Å². The minimum atomic E-state index is 0.404. The van der Waals surface area contributed by atoms with E-state index in [1.807, 2.05) is 18.2 Å². The Kier molecular flexibility index (Phi) is 2.16. The predicted molar refractivity (Wildman–Crippen MR) is 54.9 cm³/mol. The Hall–Kier alpha value is -1.87. The summed E-state index contributed by atoms with van der Waals surface area (Å²) in [5, 5.41) is 18.2. The molecule has 0 amide bonds. The maximum Gasteiger partial charge on any atom is 0.0779 e. The largest absolute Gasteiger partial charge is 0.300 e. The van der Waals surface area contributed by atoms with Gasteiger partial charge in [-0.1, -0.05) is 24.3 Å². The molecule has 3 heteroatoms. The highest BCUT2D eigenvalue weighted by molar-refractivity contribution is 6.10. The van der Waals surface area contributed by atoms with Crippen LogP contribution in [0, 0.1) is 5.41 Å². The number of hydroxylamine groups is 2. The van der Waals surface area contributed by atoms with Crippen molar-refractivity contribution in [2.75, 3.05) is 0 Å². The van der Waals surface area contributed by atoms with Gasteiger partial charge in [-0.3, -0.25) is 5.21 Å². The molecule has 0 radical (unpaired) electrons. The fourth-order valence-corrected chi connectivity index (χ4v) is 1.35. The molecule has 70 valence electrons. The summed E-state index contributed by atoms with van der Waals surface area (Å²) in [6.45, 7) is 0. The summed E-state index contributed by atoms with van der Waals surface area (Å²) < 4.78 is 0. The van der Waals surface area contributed by atoms with E-state index in [1.165, 1.54) is 0 Å². The van der Waals surface area contributed by atoms with E-state index in [9.17, 15) is 5.21 Å². The predicted octanol–water partition coefficient (Wildman–Crippen LogP) is 2.16. The molecule has 2 aliphatic rings. The molecule has 14 heavy (non-hydrogen) atoms. The quantitative estimate of drug-likeness (QED) is 0.609. The summed E-state index contributed by atoms with van der Waals surface area (Å²) in [5.41, 5.74) is 1.75. The first-order chi connectivity index (χ1) is 6.79. The van der Waals surface area contributed by atoms with Crippen LogP contribution in [0.3, 0.4) is 0 Å². The van der Waals surface area contributed by atoms with Gasteiger partial charge >= 0.3 is 0 Å². The number of rotatable bonds is 0. The van der Waals surface area contributed by atoms with E-state index in [4.69, 9.17) is 5.41 Å². The van der Waals surface area contributed by atoms with Crippen LogP contribution < -0.4 is 0 Å². The van der Waals surface area contributed by atoms with Gasteiger partial charge in [0.05, 0.1) is 11.4 Å². The Labute approximate surface area is 82.1 Å². The smallest absolute Gasteiger partial charge is 0.0779 e. The van der Waals surface area contributed by atoms with Crippen LogP contribution >= 0.6 is 0 Å². The van der Waals surface area contributed by atoms with Gasteiger partial charge in [0.2, 0.25) is 0 Å². The zero-order valence-electron chi connectivity index (χ0n) is 7.51. The summed E-state index contributed by atoms with van der Waals surface area (Å²) in [4.78, 5) is 0. The Balaban J connectivity index is 2.44. The van der Waals surface area contributed by atoms with Gasteiger partial charge in [-0.2, -0.15) is 0 Å². The number of nitrogens with zero attached hydrogens (tertiary/aromatic N) is 1. The Bertz CT molecular complexity index is 411. The van der Waals surface area contributed by atoms with E-state index in [0.29, 0.717) is 11.4 Å². The maximum absolute atomic E-state index is 9.52. The third kappa shape index (κ3) is 1.45. The van der Waals surface area contributed by atoms with Gasteiger partial charge in [0.15, 0.2) is 0 Å². The molecule has 0 unspecified atom stereocenters. The van der Waals surface area contributed by atoms with Crippen molar-refractivity contribution in [2.45, 2.75) is 0 Å². The van der Waals surface area contributed by atoms with Gasteiger partial charge in [-0.25, -0.2) is 5.06 Å². The number of hydrogen-bond donors (Lipinski definition) is 2. The van der Waals surface area contributed by atoms with E-state index in [0.717, 1.165) is 10.6 Å². The molecular weight excluding hydrogens is 176 g/mol. The third-order valence-electron chi connectivity index (χ3n) is 2.04. The van der Waals surface area contributed by atoms with Crippen LogP contribution in [0.2, 0.25) is 0 Å². The first-order valence-corrected chi connectivity index (χ1v) is 4.30. The summed E-state index contributed by atoms with van der Waals surface area (Å²) in [5.74, 6) is 0. The van der Waals surface area contributed by atoms with Crippen molar-refractivity contribution in [1.82, 2.24) is 5.06 Å². The highest BCUT2D eigenvalue weighted by Gasteiger charge is 2.12. The lowest BCUT2D eigenvalue weighted by molar-refractivity contribution is -0.000668. The van der Waals surface area contributed by atoms with Crippen LogP contribution in [-0.4, -0.2) is 16.0 Å². The zero-order chi connectivity index (χ0) is 9.97. The molecule has 0 aromatic carbocycles. The second kappa shape index (κ2) is 3.47. The normalized spacial score (nSPS) is 24.9. The van der Waals surface area contributed by atoms with Gasteiger partial charge in [-0.15, -0.1) is 0 Å². The molecule has 2 rings (SSSR count). The van der Waals surface area contributed by atoms with Crippen molar-refractivity contribution < 1.29 is 5.21 Å².